The molecule has 1 amide bonds. The Balaban J connectivity index is 2.02. The van der Waals surface area contributed by atoms with E-state index in [1.54, 1.807) is 18.2 Å². The van der Waals surface area contributed by atoms with Crippen LogP contribution in [0.5, 0.6) is 5.75 Å². The Morgan fingerprint density at radius 3 is 2.30 bits per heavy atom. The highest BCUT2D eigenvalue weighted by atomic mass is 35.5. The molecule has 3 rings (SSSR count). The van der Waals surface area contributed by atoms with E-state index in [-0.39, 0.29) is 27.0 Å². The van der Waals surface area contributed by atoms with Crippen LogP contribution in [-0.4, -0.2) is 35.5 Å². The summed E-state index contributed by atoms with van der Waals surface area (Å²) in [6.07, 6.45) is -3.93. The lowest BCUT2D eigenvalue weighted by Crippen LogP contribution is -2.25. The van der Waals surface area contributed by atoms with E-state index in [2.05, 4.69) is 5.10 Å². The van der Waals surface area contributed by atoms with Gasteiger partial charge in [-0.25, -0.2) is 4.79 Å². The number of ether oxygens (including phenoxy) is 1. The Morgan fingerprint density at radius 1 is 1.17 bits per heavy atom. The molecule has 6 nitrogen and oxygen atoms in total. The molecule has 156 valence electrons. The summed E-state index contributed by atoms with van der Waals surface area (Å²) in [6.45, 7) is -0.713. The number of alkyl halides is 3. The highest BCUT2D eigenvalue weighted by Gasteiger charge is 2.46. The number of carboxylic acid groups (broad SMARTS) is 1. The molecule has 0 bridgehead atoms. The second kappa shape index (κ2) is 8.37. The summed E-state index contributed by atoms with van der Waals surface area (Å²) in [6, 6.07) is 10.0. The normalized spacial score (nSPS) is 15.5. The lowest BCUT2D eigenvalue weighted by atomic mass is 10.1. The fourth-order valence-electron chi connectivity index (χ4n) is 2.60. The molecule has 0 aliphatic carbocycles. The number of hydrogen-bond acceptors (Lipinski definition) is 4. The lowest BCUT2D eigenvalue weighted by Gasteiger charge is -2.11. The molecule has 1 aliphatic rings. The molecule has 0 spiro atoms. The number of halogens is 5. The van der Waals surface area contributed by atoms with Crippen molar-refractivity contribution in [1.29, 1.82) is 0 Å². The van der Waals surface area contributed by atoms with E-state index in [0.29, 0.717) is 5.01 Å². The van der Waals surface area contributed by atoms with Crippen LogP contribution in [0.15, 0.2) is 53.1 Å². The van der Waals surface area contributed by atoms with Crippen LogP contribution >= 0.6 is 23.2 Å². The van der Waals surface area contributed by atoms with Gasteiger partial charge in [0.25, 0.3) is 5.91 Å². The molecule has 1 aliphatic heterocycles. The van der Waals surface area contributed by atoms with Gasteiger partial charge in [-0.2, -0.15) is 23.3 Å². The largest absolute Gasteiger partial charge is 0.479 e. The highest BCUT2D eigenvalue weighted by molar-refractivity contribution is 6.38. The highest BCUT2D eigenvalue weighted by Crippen LogP contribution is 2.37. The molecule has 2 aromatic rings. The van der Waals surface area contributed by atoms with Gasteiger partial charge in [-0.3, -0.25) is 4.79 Å². The minimum Gasteiger partial charge on any atom is -0.479 e. The minimum atomic E-state index is -4.89. The minimum absolute atomic E-state index is 0.0721. The number of rotatable bonds is 5. The van der Waals surface area contributed by atoms with Gasteiger partial charge in [-0.1, -0.05) is 41.4 Å². The van der Waals surface area contributed by atoms with E-state index in [1.807, 2.05) is 0 Å². The number of hydrazone groups is 1. The van der Waals surface area contributed by atoms with E-state index >= 15 is 0 Å². The first kappa shape index (κ1) is 21.7. The van der Waals surface area contributed by atoms with Crippen molar-refractivity contribution in [2.75, 3.05) is 11.6 Å². The summed E-state index contributed by atoms with van der Waals surface area (Å²) in [5.41, 5.74) is -1.82. The maximum Gasteiger partial charge on any atom is 0.435 e. The number of nitrogens with zero attached hydrogens (tertiary/aromatic N) is 2. The molecule has 0 atom stereocenters. The number of aliphatic carboxylic acids is 1. The summed E-state index contributed by atoms with van der Waals surface area (Å²) in [5, 5.41) is 12.5. The average molecular weight is 459 g/mol. The van der Waals surface area contributed by atoms with Gasteiger partial charge in [0.05, 0.1) is 21.3 Å². The van der Waals surface area contributed by atoms with Crippen molar-refractivity contribution in [1.82, 2.24) is 0 Å². The molecule has 1 N–H and O–H groups in total. The van der Waals surface area contributed by atoms with E-state index in [0.717, 1.165) is 6.08 Å². The summed E-state index contributed by atoms with van der Waals surface area (Å²) in [7, 11) is 0. The predicted molar refractivity (Wildman–Crippen MR) is 105 cm³/mol. The molecule has 0 saturated heterocycles. The maximum absolute atomic E-state index is 13.5. The molecule has 0 radical (unpaired) electrons. The Hall–Kier alpha value is -3.04. The first-order chi connectivity index (χ1) is 14.1. The Morgan fingerprint density at radius 2 is 1.77 bits per heavy atom. The molecule has 0 fully saturated rings. The van der Waals surface area contributed by atoms with Gasteiger partial charge in [0.1, 0.15) is 0 Å². The molecule has 0 unspecified atom stereocenters. The maximum atomic E-state index is 13.5. The first-order valence-electron chi connectivity index (χ1n) is 8.19. The van der Waals surface area contributed by atoms with E-state index in [1.165, 1.54) is 24.3 Å². The number of carbonyl (C=O) groups is 2. The standard InChI is InChI=1S/C19H11Cl2F3N2O4/c20-13-7-10(8-14(21)16(13)30-9-15(27)28)6-12-17(19(22,23)24)25-26(18(12)29)11-4-2-1-3-5-11/h1-8H,9H2,(H,27,28)/b12-6-. The Kier molecular flexibility index (Phi) is 6.04. The van der Waals surface area contributed by atoms with Crippen LogP contribution in [0.25, 0.3) is 6.08 Å². The summed E-state index contributed by atoms with van der Waals surface area (Å²) >= 11 is 12.0. The molecule has 11 heteroatoms. The van der Waals surface area contributed by atoms with Crippen LogP contribution in [0, 0.1) is 0 Å². The third-order valence-electron chi connectivity index (χ3n) is 3.82. The number of carbonyl (C=O) groups excluding carboxylic acids is 1. The quantitative estimate of drug-likeness (QED) is 0.652. The van der Waals surface area contributed by atoms with E-state index in [4.69, 9.17) is 33.0 Å². The van der Waals surface area contributed by atoms with Gasteiger partial charge in [-0.05, 0) is 35.9 Å². The number of para-hydroxylation sites is 1. The van der Waals surface area contributed by atoms with Gasteiger partial charge in [0.15, 0.2) is 18.1 Å². The number of hydrogen-bond donors (Lipinski definition) is 1. The van der Waals surface area contributed by atoms with Crippen molar-refractivity contribution in [2.45, 2.75) is 6.18 Å². The van der Waals surface area contributed by atoms with Crippen molar-refractivity contribution in [2.24, 2.45) is 5.10 Å². The van der Waals surface area contributed by atoms with Crippen LogP contribution in [0.3, 0.4) is 0 Å². The number of benzene rings is 2. The molecular weight excluding hydrogens is 448 g/mol. The molecule has 1 heterocycles. The van der Waals surface area contributed by atoms with Gasteiger partial charge >= 0.3 is 12.1 Å². The molecule has 0 aromatic heterocycles. The van der Waals surface area contributed by atoms with Crippen molar-refractivity contribution in [3.63, 3.8) is 0 Å². The second-order valence-electron chi connectivity index (χ2n) is 5.95. The molecule has 30 heavy (non-hydrogen) atoms. The van der Waals surface area contributed by atoms with Crippen molar-refractivity contribution < 1.29 is 32.6 Å². The molecule has 2 aromatic carbocycles. The van der Waals surface area contributed by atoms with Gasteiger partial charge in [0, 0.05) is 0 Å². The van der Waals surface area contributed by atoms with Gasteiger partial charge in [0.2, 0.25) is 0 Å². The first-order valence-corrected chi connectivity index (χ1v) is 8.94. The summed E-state index contributed by atoms with van der Waals surface area (Å²) < 4.78 is 45.5. The van der Waals surface area contributed by atoms with Crippen molar-refractivity contribution in [3.05, 3.63) is 63.6 Å². The number of amides is 1. The van der Waals surface area contributed by atoms with Crippen molar-refractivity contribution in [3.8, 4) is 5.75 Å². The van der Waals surface area contributed by atoms with Crippen LogP contribution in [0.2, 0.25) is 10.0 Å². The number of anilines is 1. The Bertz CT molecular complexity index is 1050. The predicted octanol–water partition coefficient (Wildman–Crippen LogP) is 4.81. The van der Waals surface area contributed by atoms with Gasteiger partial charge in [-0.15, -0.1) is 0 Å². The third-order valence-corrected chi connectivity index (χ3v) is 4.38. The smallest absolute Gasteiger partial charge is 0.435 e. The SMILES string of the molecule is O=C(O)COc1c(Cl)cc(/C=C2\C(=O)N(c3ccccc3)N=C2C(F)(F)F)cc1Cl. The Labute approximate surface area is 177 Å². The third kappa shape index (κ3) is 4.58. The summed E-state index contributed by atoms with van der Waals surface area (Å²) in [5.74, 6) is -2.39. The average Bonchev–Trinajstić information content (AvgIpc) is 2.98. The van der Waals surface area contributed by atoms with Crippen LogP contribution in [0.4, 0.5) is 18.9 Å². The fraction of sp³-hybridized carbons (Fsp3) is 0.105. The van der Waals surface area contributed by atoms with Crippen LogP contribution in [0.1, 0.15) is 5.56 Å². The zero-order chi connectivity index (χ0) is 22.1. The lowest BCUT2D eigenvalue weighted by molar-refractivity contribution is -0.139. The number of carboxylic acids is 1. The molecule has 0 saturated carbocycles. The zero-order valence-electron chi connectivity index (χ0n) is 14.8. The topological polar surface area (TPSA) is 79.2 Å². The van der Waals surface area contributed by atoms with E-state index in [9.17, 15) is 22.8 Å². The van der Waals surface area contributed by atoms with Gasteiger partial charge < -0.3 is 9.84 Å². The molecular formula is C19H11Cl2F3N2O4. The fourth-order valence-corrected chi connectivity index (χ4v) is 3.21. The zero-order valence-corrected chi connectivity index (χ0v) is 16.3. The van der Waals surface area contributed by atoms with E-state index < -0.39 is 35.9 Å². The van der Waals surface area contributed by atoms with Crippen molar-refractivity contribution >= 4 is 52.6 Å². The summed E-state index contributed by atoms with van der Waals surface area (Å²) in [4.78, 5) is 23.3. The monoisotopic (exact) mass is 458 g/mol. The van der Waals surface area contributed by atoms with Crippen LogP contribution < -0.4 is 9.75 Å². The second-order valence-corrected chi connectivity index (χ2v) is 6.77. The van der Waals surface area contributed by atoms with Crippen LogP contribution in [-0.2, 0) is 9.59 Å².